The van der Waals surface area contributed by atoms with E-state index in [9.17, 15) is 29.5 Å². The Kier molecular flexibility index (Phi) is 6.96. The first-order valence-electron chi connectivity index (χ1n) is 10.5. The number of pyridine rings is 2. The van der Waals surface area contributed by atoms with E-state index < -0.39 is 39.6 Å². The van der Waals surface area contributed by atoms with Gasteiger partial charge in [-0.15, -0.1) is 0 Å². The van der Waals surface area contributed by atoms with Gasteiger partial charge in [-0.3, -0.25) is 15.0 Å². The third-order valence-electron chi connectivity index (χ3n) is 6.00. The van der Waals surface area contributed by atoms with Crippen LogP contribution in [0.25, 0.3) is 10.9 Å². The average Bonchev–Trinajstić information content (AvgIpc) is 2.85. The van der Waals surface area contributed by atoms with Crippen molar-refractivity contribution in [3.8, 4) is 5.75 Å². The van der Waals surface area contributed by atoms with Gasteiger partial charge in [0.15, 0.2) is 11.0 Å². The maximum atomic E-state index is 14.6. The summed E-state index contributed by atoms with van der Waals surface area (Å²) in [6, 6.07) is 5.39. The number of aliphatic carboxylic acids is 1. The molecule has 2 atom stereocenters. The van der Waals surface area contributed by atoms with Crippen LogP contribution in [0.15, 0.2) is 36.7 Å². The highest BCUT2D eigenvalue weighted by molar-refractivity contribution is 6.30. The fraction of sp³-hybridized carbons (Fsp3) is 0.318. The predicted molar refractivity (Wildman–Crippen MR) is 124 cm³/mol. The second kappa shape index (κ2) is 9.94. The molecule has 0 spiro atoms. The number of aliphatic hydroxyl groups is 1. The van der Waals surface area contributed by atoms with Crippen LogP contribution in [0.3, 0.4) is 0 Å². The van der Waals surface area contributed by atoms with Crippen molar-refractivity contribution in [3.63, 3.8) is 0 Å². The van der Waals surface area contributed by atoms with Crippen molar-refractivity contribution in [1.29, 1.82) is 0 Å². The third-order valence-corrected chi connectivity index (χ3v) is 6.26. The van der Waals surface area contributed by atoms with Gasteiger partial charge in [-0.2, -0.15) is 0 Å². The molecule has 2 N–H and O–H groups in total. The Morgan fingerprint density at radius 2 is 2.00 bits per heavy atom. The zero-order valence-corrected chi connectivity index (χ0v) is 19.2. The number of carboxylic acids is 1. The van der Waals surface area contributed by atoms with Crippen LogP contribution in [0.2, 0.25) is 5.15 Å². The summed E-state index contributed by atoms with van der Waals surface area (Å²) in [5.74, 6) is -1.54. The van der Waals surface area contributed by atoms with E-state index in [1.165, 1.54) is 4.90 Å². The maximum absolute atomic E-state index is 14.6. The lowest BCUT2D eigenvalue weighted by molar-refractivity contribution is -0.384. The SMILES string of the molecule is COc1ccc(CN2CC(C(=O)O)N(c3c([N+](=O)[O-])cnc4c(F)c(Cl)ncc34)CC2CO)cc1. The number of nitro groups is 1. The van der Waals surface area contributed by atoms with Gasteiger partial charge >= 0.3 is 11.7 Å². The van der Waals surface area contributed by atoms with E-state index in [2.05, 4.69) is 9.97 Å². The largest absolute Gasteiger partial charge is 0.497 e. The highest BCUT2D eigenvalue weighted by Gasteiger charge is 2.41. The summed E-state index contributed by atoms with van der Waals surface area (Å²) in [7, 11) is 1.55. The Hall–Kier alpha value is -3.61. The van der Waals surface area contributed by atoms with E-state index in [0.717, 1.165) is 18.0 Å². The molecule has 1 saturated heterocycles. The Morgan fingerprint density at radius 1 is 1.29 bits per heavy atom. The Bertz CT molecular complexity index is 1280. The molecule has 0 saturated carbocycles. The first-order valence-corrected chi connectivity index (χ1v) is 10.9. The standard InChI is InChI=1S/C22H21ClFN5O6/c1-35-14-4-2-12(3-5-14)8-27-10-17(22(31)32)28(9-13(27)11-30)20-15-6-26-21(23)18(24)19(15)25-7-16(20)29(33)34/h2-7,13,17,30H,8-11H2,1H3,(H,31,32). The average molecular weight is 506 g/mol. The van der Waals surface area contributed by atoms with Crippen LogP contribution < -0.4 is 9.64 Å². The van der Waals surface area contributed by atoms with Gasteiger partial charge in [-0.05, 0) is 17.7 Å². The summed E-state index contributed by atoms with van der Waals surface area (Å²) < 4.78 is 19.8. The molecule has 0 radical (unpaired) electrons. The summed E-state index contributed by atoms with van der Waals surface area (Å²) in [6.45, 7) is -0.142. The summed E-state index contributed by atoms with van der Waals surface area (Å²) >= 11 is 5.75. The number of aliphatic hydroxyl groups excluding tert-OH is 1. The summed E-state index contributed by atoms with van der Waals surface area (Å²) in [5, 5.41) is 31.5. The van der Waals surface area contributed by atoms with Crippen LogP contribution >= 0.6 is 11.6 Å². The molecule has 4 rings (SSSR count). The lowest BCUT2D eigenvalue weighted by Crippen LogP contribution is -2.61. The van der Waals surface area contributed by atoms with Crippen molar-refractivity contribution in [3.05, 3.63) is 63.3 Å². The van der Waals surface area contributed by atoms with Crippen LogP contribution in [0.5, 0.6) is 5.75 Å². The molecular formula is C22H21ClFN5O6. The molecule has 2 aromatic heterocycles. The van der Waals surface area contributed by atoms with E-state index >= 15 is 0 Å². The molecule has 3 heterocycles. The normalized spacial score (nSPS) is 18.6. The molecule has 184 valence electrons. The van der Waals surface area contributed by atoms with E-state index in [1.54, 1.807) is 24.1 Å². The molecule has 2 unspecified atom stereocenters. The number of piperazine rings is 1. The Labute approximate surface area is 203 Å². The van der Waals surface area contributed by atoms with E-state index in [-0.39, 0.29) is 36.3 Å². The number of carboxylic acid groups (broad SMARTS) is 1. The van der Waals surface area contributed by atoms with Gasteiger partial charge in [0.25, 0.3) is 0 Å². The topological polar surface area (TPSA) is 142 Å². The van der Waals surface area contributed by atoms with Gasteiger partial charge < -0.3 is 19.8 Å². The van der Waals surface area contributed by atoms with Crippen LogP contribution in [-0.2, 0) is 11.3 Å². The molecule has 13 heteroatoms. The lowest BCUT2D eigenvalue weighted by Gasteiger charge is -2.45. The zero-order chi connectivity index (χ0) is 25.3. The second-order valence-corrected chi connectivity index (χ2v) is 8.35. The number of anilines is 1. The van der Waals surface area contributed by atoms with Crippen molar-refractivity contribution in [2.45, 2.75) is 18.6 Å². The molecule has 0 amide bonds. The molecule has 3 aromatic rings. The number of rotatable bonds is 7. The van der Waals surface area contributed by atoms with Crippen molar-refractivity contribution >= 4 is 39.8 Å². The van der Waals surface area contributed by atoms with Gasteiger partial charge in [0.2, 0.25) is 0 Å². The minimum Gasteiger partial charge on any atom is -0.497 e. The first kappa shape index (κ1) is 24.5. The van der Waals surface area contributed by atoms with Crippen molar-refractivity contribution in [2.75, 3.05) is 31.7 Å². The van der Waals surface area contributed by atoms with E-state index in [1.807, 2.05) is 12.1 Å². The quantitative estimate of drug-likeness (QED) is 0.279. The summed E-state index contributed by atoms with van der Waals surface area (Å²) in [6.07, 6.45) is 2.00. The summed E-state index contributed by atoms with van der Waals surface area (Å²) in [4.78, 5) is 34.1. The van der Waals surface area contributed by atoms with E-state index in [4.69, 9.17) is 16.3 Å². The maximum Gasteiger partial charge on any atom is 0.327 e. The summed E-state index contributed by atoms with van der Waals surface area (Å²) in [5.41, 5.74) is -0.0513. The number of halogens is 2. The molecule has 35 heavy (non-hydrogen) atoms. The lowest BCUT2D eigenvalue weighted by atomic mass is 10.0. The number of hydrogen-bond acceptors (Lipinski definition) is 9. The van der Waals surface area contributed by atoms with Crippen LogP contribution in [-0.4, -0.2) is 74.9 Å². The predicted octanol–water partition coefficient (Wildman–Crippen LogP) is 2.48. The van der Waals surface area contributed by atoms with E-state index in [0.29, 0.717) is 12.3 Å². The fourth-order valence-corrected chi connectivity index (χ4v) is 4.38. The molecule has 1 aromatic carbocycles. The number of ether oxygens (including phenoxy) is 1. The first-order chi connectivity index (χ1) is 16.7. The highest BCUT2D eigenvalue weighted by Crippen LogP contribution is 2.39. The van der Waals surface area contributed by atoms with Crippen molar-refractivity contribution < 1.29 is 29.1 Å². The second-order valence-electron chi connectivity index (χ2n) is 7.99. The Morgan fingerprint density at radius 3 is 2.60 bits per heavy atom. The number of methoxy groups -OCH3 is 1. The molecular weight excluding hydrogens is 485 g/mol. The van der Waals surface area contributed by atoms with Crippen LogP contribution in [0.1, 0.15) is 5.56 Å². The fourth-order valence-electron chi connectivity index (χ4n) is 4.25. The molecule has 11 nitrogen and oxygen atoms in total. The molecule has 1 fully saturated rings. The number of hydrogen-bond donors (Lipinski definition) is 2. The third kappa shape index (κ3) is 4.67. The van der Waals surface area contributed by atoms with Gasteiger partial charge in [0, 0.05) is 25.8 Å². The van der Waals surface area contributed by atoms with Crippen LogP contribution in [0, 0.1) is 15.9 Å². The van der Waals surface area contributed by atoms with Crippen molar-refractivity contribution in [1.82, 2.24) is 14.9 Å². The number of nitrogens with zero attached hydrogens (tertiary/aromatic N) is 5. The van der Waals surface area contributed by atoms with Gasteiger partial charge in [-0.25, -0.2) is 19.2 Å². The van der Waals surface area contributed by atoms with Crippen LogP contribution in [0.4, 0.5) is 15.8 Å². The molecule has 0 bridgehead atoms. The number of benzene rings is 1. The number of fused-ring (bicyclic) bond motifs is 1. The van der Waals surface area contributed by atoms with Gasteiger partial charge in [0.05, 0.1) is 30.1 Å². The van der Waals surface area contributed by atoms with Gasteiger partial charge in [-0.1, -0.05) is 23.7 Å². The highest BCUT2D eigenvalue weighted by atomic mass is 35.5. The minimum atomic E-state index is -1.24. The Balaban J connectivity index is 1.77. The molecule has 0 aliphatic carbocycles. The monoisotopic (exact) mass is 505 g/mol. The number of carbonyl (C=O) groups is 1. The number of aromatic nitrogens is 2. The van der Waals surface area contributed by atoms with Crippen molar-refractivity contribution in [2.24, 2.45) is 0 Å². The smallest absolute Gasteiger partial charge is 0.327 e. The molecule has 1 aliphatic rings. The minimum absolute atomic E-state index is 0.0485. The zero-order valence-electron chi connectivity index (χ0n) is 18.5. The van der Waals surface area contributed by atoms with Gasteiger partial charge in [0.1, 0.15) is 29.2 Å². The molecule has 1 aliphatic heterocycles.